The minimum atomic E-state index is -1.07. The maximum absolute atomic E-state index is 14.4. The first kappa shape index (κ1) is 23.7. The monoisotopic (exact) mass is 486 g/mol. The molecule has 1 aliphatic rings. The molecule has 4 rings (SSSR count). The Hall–Kier alpha value is -3.43. The van der Waals surface area contributed by atoms with E-state index in [-0.39, 0.29) is 30.2 Å². The SMILES string of the molecule is C[C@@H](CC(=O)[C@@H]1[C@H](O)CCN1C(=O)Nc1cn(C(N)=O)c2ccccc12)c1cccc(Cl)c1F. The van der Waals surface area contributed by atoms with Crippen molar-refractivity contribution < 1.29 is 23.9 Å². The molecule has 3 amide bonds. The number of hydrogen-bond donors (Lipinski definition) is 3. The zero-order valence-corrected chi connectivity index (χ0v) is 19.1. The predicted octanol–water partition coefficient (Wildman–Crippen LogP) is 4.09. The van der Waals surface area contributed by atoms with Gasteiger partial charge in [0, 0.05) is 24.5 Å². The third-order valence-corrected chi connectivity index (χ3v) is 6.46. The first-order valence-electron chi connectivity index (χ1n) is 10.8. The summed E-state index contributed by atoms with van der Waals surface area (Å²) in [5, 5.41) is 13.8. The summed E-state index contributed by atoms with van der Waals surface area (Å²) < 4.78 is 15.6. The molecule has 0 bridgehead atoms. The number of carbonyl (C=O) groups is 3. The lowest BCUT2D eigenvalue weighted by Gasteiger charge is -2.26. The van der Waals surface area contributed by atoms with Gasteiger partial charge in [-0.15, -0.1) is 0 Å². The van der Waals surface area contributed by atoms with Gasteiger partial charge in [-0.1, -0.05) is 48.9 Å². The number of carbonyl (C=O) groups excluding carboxylic acids is 3. The van der Waals surface area contributed by atoms with Crippen LogP contribution in [0.4, 0.5) is 19.7 Å². The topological polar surface area (TPSA) is 118 Å². The highest BCUT2D eigenvalue weighted by atomic mass is 35.5. The Labute approximate surface area is 200 Å². The van der Waals surface area contributed by atoms with E-state index in [2.05, 4.69) is 5.32 Å². The Bertz CT molecular complexity index is 1280. The number of nitrogens with two attached hydrogens (primary N) is 1. The molecule has 10 heteroatoms. The molecular weight excluding hydrogens is 463 g/mol. The molecule has 8 nitrogen and oxygen atoms in total. The summed E-state index contributed by atoms with van der Waals surface area (Å²) in [5.74, 6) is -1.47. The first-order chi connectivity index (χ1) is 16.2. The smallest absolute Gasteiger partial charge is 0.323 e. The maximum atomic E-state index is 14.4. The third-order valence-electron chi connectivity index (χ3n) is 6.17. The highest BCUT2D eigenvalue weighted by molar-refractivity contribution is 6.30. The number of ketones is 1. The molecule has 0 spiro atoms. The number of nitrogens with one attached hydrogen (secondary N) is 1. The van der Waals surface area contributed by atoms with Gasteiger partial charge in [0.2, 0.25) is 0 Å². The normalized spacial score (nSPS) is 18.8. The van der Waals surface area contributed by atoms with Gasteiger partial charge in [-0.3, -0.25) is 9.36 Å². The molecule has 0 radical (unpaired) electrons. The fourth-order valence-corrected chi connectivity index (χ4v) is 4.66. The standard InChI is InChI=1S/C24H24ClFN4O4/c1-13(14-6-4-7-16(25)21(14)26)11-20(32)22-19(31)9-10-29(22)24(34)28-17-12-30(23(27)33)18-8-3-2-5-15(17)18/h2-8,12-13,19,22,31H,9-11H2,1H3,(H2,27,33)(H,28,34)/t13-,19+,22-/m0/s1. The fourth-order valence-electron chi connectivity index (χ4n) is 4.47. The van der Waals surface area contributed by atoms with Crippen molar-refractivity contribution in [3.05, 3.63) is 65.1 Å². The maximum Gasteiger partial charge on any atom is 0.323 e. The second-order valence-corrected chi connectivity index (χ2v) is 8.81. The number of halogens is 2. The van der Waals surface area contributed by atoms with E-state index in [1.54, 1.807) is 43.3 Å². The van der Waals surface area contributed by atoms with E-state index in [0.29, 0.717) is 22.2 Å². The number of para-hydroxylation sites is 1. The van der Waals surface area contributed by atoms with E-state index in [4.69, 9.17) is 17.3 Å². The number of aliphatic hydroxyl groups excluding tert-OH is 1. The number of amides is 3. The average molecular weight is 487 g/mol. The van der Waals surface area contributed by atoms with E-state index < -0.39 is 35.9 Å². The zero-order valence-electron chi connectivity index (χ0n) is 18.4. The van der Waals surface area contributed by atoms with Crippen molar-refractivity contribution >= 4 is 46.0 Å². The first-order valence-corrected chi connectivity index (χ1v) is 11.2. The molecule has 34 heavy (non-hydrogen) atoms. The van der Waals surface area contributed by atoms with Crippen molar-refractivity contribution in [3.8, 4) is 0 Å². The number of aromatic nitrogens is 1. The predicted molar refractivity (Wildman–Crippen MR) is 127 cm³/mol. The lowest BCUT2D eigenvalue weighted by atomic mass is 9.91. The molecule has 0 unspecified atom stereocenters. The number of rotatable bonds is 5. The largest absolute Gasteiger partial charge is 0.390 e. The van der Waals surface area contributed by atoms with Gasteiger partial charge in [-0.05, 0) is 30.0 Å². The molecule has 178 valence electrons. The summed E-state index contributed by atoms with van der Waals surface area (Å²) in [4.78, 5) is 39.2. The summed E-state index contributed by atoms with van der Waals surface area (Å²) >= 11 is 5.86. The molecule has 2 heterocycles. The van der Waals surface area contributed by atoms with Crippen LogP contribution in [0, 0.1) is 5.82 Å². The van der Waals surface area contributed by atoms with Gasteiger partial charge in [0.05, 0.1) is 22.3 Å². The Morgan fingerprint density at radius 3 is 2.71 bits per heavy atom. The van der Waals surface area contributed by atoms with Crippen molar-refractivity contribution in [2.75, 3.05) is 11.9 Å². The molecular formula is C24H24ClFN4O4. The van der Waals surface area contributed by atoms with Crippen molar-refractivity contribution in [2.45, 2.75) is 37.8 Å². The van der Waals surface area contributed by atoms with Crippen LogP contribution in [0.3, 0.4) is 0 Å². The molecule has 1 fully saturated rings. The van der Waals surface area contributed by atoms with E-state index in [9.17, 15) is 23.9 Å². The third kappa shape index (κ3) is 4.36. The number of primary amides is 1. The van der Waals surface area contributed by atoms with Gasteiger partial charge < -0.3 is 21.1 Å². The van der Waals surface area contributed by atoms with Crippen LogP contribution in [-0.2, 0) is 4.79 Å². The lowest BCUT2D eigenvalue weighted by molar-refractivity contribution is -0.125. The van der Waals surface area contributed by atoms with Gasteiger partial charge in [-0.2, -0.15) is 0 Å². The van der Waals surface area contributed by atoms with Crippen LogP contribution < -0.4 is 11.1 Å². The number of hydrogen-bond acceptors (Lipinski definition) is 4. The molecule has 0 saturated carbocycles. The second-order valence-electron chi connectivity index (χ2n) is 8.41. The van der Waals surface area contributed by atoms with Crippen molar-refractivity contribution in [1.29, 1.82) is 0 Å². The van der Waals surface area contributed by atoms with Crippen LogP contribution in [0.1, 0.15) is 31.2 Å². The van der Waals surface area contributed by atoms with Crippen LogP contribution in [0.15, 0.2) is 48.7 Å². The van der Waals surface area contributed by atoms with Crippen molar-refractivity contribution in [2.24, 2.45) is 5.73 Å². The quantitative estimate of drug-likeness (QED) is 0.503. The Morgan fingerprint density at radius 2 is 1.97 bits per heavy atom. The Morgan fingerprint density at radius 1 is 1.24 bits per heavy atom. The second kappa shape index (κ2) is 9.44. The van der Waals surface area contributed by atoms with Crippen LogP contribution in [0.5, 0.6) is 0 Å². The van der Waals surface area contributed by atoms with Crippen molar-refractivity contribution in [3.63, 3.8) is 0 Å². The van der Waals surface area contributed by atoms with Gasteiger partial charge in [-0.25, -0.2) is 14.0 Å². The van der Waals surface area contributed by atoms with Crippen molar-refractivity contribution in [1.82, 2.24) is 9.47 Å². The minimum absolute atomic E-state index is 0.0335. The van der Waals surface area contributed by atoms with Crippen LogP contribution in [0.25, 0.3) is 10.9 Å². The number of aliphatic hydroxyl groups is 1. The fraction of sp³-hybridized carbons (Fsp3) is 0.292. The summed E-state index contributed by atoms with van der Waals surface area (Å²) in [6.45, 7) is 1.86. The van der Waals surface area contributed by atoms with E-state index >= 15 is 0 Å². The van der Waals surface area contributed by atoms with Gasteiger partial charge in [0.25, 0.3) is 0 Å². The zero-order chi connectivity index (χ0) is 24.6. The highest BCUT2D eigenvalue weighted by Gasteiger charge is 2.41. The number of fused-ring (bicyclic) bond motifs is 1. The molecule has 4 N–H and O–H groups in total. The summed E-state index contributed by atoms with van der Waals surface area (Å²) in [7, 11) is 0. The Kier molecular flexibility index (Phi) is 6.58. The van der Waals surface area contributed by atoms with Crippen LogP contribution in [-0.4, -0.2) is 51.1 Å². The number of likely N-dealkylation sites (tertiary alicyclic amines) is 1. The molecule has 1 saturated heterocycles. The molecule has 2 aromatic carbocycles. The summed E-state index contributed by atoms with van der Waals surface area (Å²) in [5.41, 5.74) is 6.60. The molecule has 1 aromatic heterocycles. The minimum Gasteiger partial charge on any atom is -0.390 e. The summed E-state index contributed by atoms with van der Waals surface area (Å²) in [6, 6.07) is 9.13. The highest BCUT2D eigenvalue weighted by Crippen LogP contribution is 2.31. The van der Waals surface area contributed by atoms with Gasteiger partial charge >= 0.3 is 12.1 Å². The number of nitrogens with zero attached hydrogens (tertiary/aromatic N) is 2. The molecule has 3 atom stereocenters. The number of anilines is 1. The summed E-state index contributed by atoms with van der Waals surface area (Å²) in [6.07, 6.45) is 0.524. The lowest BCUT2D eigenvalue weighted by Crippen LogP contribution is -2.47. The molecule has 3 aromatic rings. The van der Waals surface area contributed by atoms with E-state index in [1.807, 2.05) is 0 Å². The van der Waals surface area contributed by atoms with E-state index in [0.717, 1.165) is 0 Å². The number of benzene rings is 2. The Balaban J connectivity index is 1.53. The van der Waals surface area contributed by atoms with Crippen LogP contribution >= 0.6 is 11.6 Å². The average Bonchev–Trinajstić information content (AvgIpc) is 3.36. The number of urea groups is 1. The van der Waals surface area contributed by atoms with E-state index in [1.165, 1.54) is 21.7 Å². The van der Waals surface area contributed by atoms with Crippen LogP contribution in [0.2, 0.25) is 5.02 Å². The molecule has 0 aliphatic carbocycles. The van der Waals surface area contributed by atoms with Gasteiger partial charge in [0.15, 0.2) is 5.78 Å². The molecule has 1 aliphatic heterocycles. The van der Waals surface area contributed by atoms with Gasteiger partial charge in [0.1, 0.15) is 11.9 Å². The number of Topliss-reactive ketones (excluding diaryl/α,β-unsaturated/α-hetero) is 1.